The van der Waals surface area contributed by atoms with E-state index in [4.69, 9.17) is 15.2 Å². The number of hydrogen-bond acceptors (Lipinski definition) is 10. The lowest BCUT2D eigenvalue weighted by molar-refractivity contribution is -0.149. The van der Waals surface area contributed by atoms with Crippen molar-refractivity contribution in [3.8, 4) is 0 Å². The Bertz CT molecular complexity index is 1510. The van der Waals surface area contributed by atoms with E-state index in [1.54, 1.807) is 30.3 Å². The SMILES string of the molecule is COC(=O)[C@@H](C)C/C(=C\c1ccccc1)NC(=O)c1csc([C@@H](C[C@H](C(C)C)N(C)C(=O)[C@@H](NC(=O)[C@H](C)CCCCN)C2CC2)OC(C)=O)n1. The molecule has 5 atom stereocenters. The van der Waals surface area contributed by atoms with E-state index >= 15 is 0 Å². The minimum Gasteiger partial charge on any atom is -0.469 e. The Balaban J connectivity index is 1.79. The molecule has 12 nitrogen and oxygen atoms in total. The largest absolute Gasteiger partial charge is 0.469 e. The zero-order valence-corrected chi connectivity index (χ0v) is 31.8. The van der Waals surface area contributed by atoms with Gasteiger partial charge in [-0.15, -0.1) is 11.3 Å². The summed E-state index contributed by atoms with van der Waals surface area (Å²) in [4.78, 5) is 71.3. The lowest BCUT2D eigenvalue weighted by atomic mass is 9.95. The molecule has 0 saturated heterocycles. The van der Waals surface area contributed by atoms with Gasteiger partial charge in [0.25, 0.3) is 5.91 Å². The highest BCUT2D eigenvalue weighted by Gasteiger charge is 2.41. The van der Waals surface area contributed by atoms with E-state index in [1.807, 2.05) is 51.1 Å². The van der Waals surface area contributed by atoms with Gasteiger partial charge in [-0.25, -0.2) is 4.98 Å². The number of benzene rings is 1. The fourth-order valence-electron chi connectivity index (χ4n) is 5.97. The lowest BCUT2D eigenvalue weighted by Gasteiger charge is -2.36. The third kappa shape index (κ3) is 12.9. The Morgan fingerprint density at radius 3 is 2.33 bits per heavy atom. The van der Waals surface area contributed by atoms with Crippen LogP contribution in [-0.2, 0) is 28.7 Å². The van der Waals surface area contributed by atoms with Crippen LogP contribution in [-0.4, -0.2) is 72.3 Å². The lowest BCUT2D eigenvalue weighted by Crippen LogP contribution is -2.53. The Hall–Kier alpha value is -4.10. The van der Waals surface area contributed by atoms with Crippen molar-refractivity contribution >= 4 is 47.1 Å². The highest BCUT2D eigenvalue weighted by molar-refractivity contribution is 7.09. The molecule has 1 heterocycles. The van der Waals surface area contributed by atoms with Crippen molar-refractivity contribution in [3.05, 3.63) is 57.7 Å². The van der Waals surface area contributed by atoms with Crippen LogP contribution in [0.15, 0.2) is 41.4 Å². The molecule has 1 aliphatic rings. The Labute approximate surface area is 305 Å². The van der Waals surface area contributed by atoms with Gasteiger partial charge in [-0.05, 0) is 55.7 Å². The summed E-state index contributed by atoms with van der Waals surface area (Å²) in [6.07, 6.45) is 5.56. The number of carbonyl (C=O) groups excluding carboxylic acids is 5. The number of amides is 3. The van der Waals surface area contributed by atoms with Gasteiger partial charge < -0.3 is 30.7 Å². The Morgan fingerprint density at radius 2 is 1.75 bits per heavy atom. The first-order chi connectivity index (χ1) is 24.2. The van der Waals surface area contributed by atoms with Gasteiger partial charge in [0.1, 0.15) is 16.7 Å². The van der Waals surface area contributed by atoms with Crippen molar-refractivity contribution in [1.29, 1.82) is 0 Å². The maximum atomic E-state index is 14.0. The van der Waals surface area contributed by atoms with Crippen LogP contribution in [0.5, 0.6) is 0 Å². The number of nitrogens with two attached hydrogens (primary N) is 1. The molecule has 1 saturated carbocycles. The molecule has 0 radical (unpaired) electrons. The quantitative estimate of drug-likeness (QED) is 0.122. The van der Waals surface area contributed by atoms with E-state index in [9.17, 15) is 24.0 Å². The summed E-state index contributed by atoms with van der Waals surface area (Å²) in [5.74, 6) is -2.41. The number of carbonyl (C=O) groups is 5. The molecule has 280 valence electrons. The van der Waals surface area contributed by atoms with Crippen LogP contribution in [0.4, 0.5) is 0 Å². The van der Waals surface area contributed by atoms with Crippen LogP contribution < -0.4 is 16.4 Å². The van der Waals surface area contributed by atoms with Gasteiger partial charge >= 0.3 is 11.9 Å². The predicted molar refractivity (Wildman–Crippen MR) is 197 cm³/mol. The number of nitrogens with one attached hydrogen (secondary N) is 2. The van der Waals surface area contributed by atoms with Crippen LogP contribution >= 0.6 is 11.3 Å². The third-order valence-corrected chi connectivity index (χ3v) is 10.1. The van der Waals surface area contributed by atoms with Gasteiger partial charge in [0, 0.05) is 49.8 Å². The topological polar surface area (TPSA) is 170 Å². The number of aromatic nitrogens is 1. The Kier molecular flexibility index (Phi) is 16.3. The van der Waals surface area contributed by atoms with E-state index in [0.717, 1.165) is 31.2 Å². The summed E-state index contributed by atoms with van der Waals surface area (Å²) in [7, 11) is 3.05. The number of nitrogens with zero attached hydrogens (tertiary/aromatic N) is 2. The standard InChI is InChI=1S/C38H55N5O7S/c1-23(2)31(43(6)37(47)33(28-16-17-28)42-34(45)24(3)13-11-12-18-39)21-32(50-26(5)44)36-41-30(22-51-36)35(46)40-29(19-25(4)38(48)49-7)20-27-14-9-8-10-15-27/h8-10,14-15,20,22-25,28,31-33H,11-13,16-19,21,39H2,1-7H3,(H,40,46)(H,42,45)/b29-20+/t24-,25+,31-,32-,33+/m1/s1. The summed E-state index contributed by atoms with van der Waals surface area (Å²) in [5, 5.41) is 7.94. The van der Waals surface area contributed by atoms with Gasteiger partial charge in [0.05, 0.1) is 13.0 Å². The van der Waals surface area contributed by atoms with Crippen molar-refractivity contribution in [3.63, 3.8) is 0 Å². The van der Waals surface area contributed by atoms with E-state index in [1.165, 1.54) is 25.4 Å². The molecule has 0 bridgehead atoms. The number of esters is 2. The van der Waals surface area contributed by atoms with Gasteiger partial charge in [-0.1, -0.05) is 64.4 Å². The predicted octanol–water partition coefficient (Wildman–Crippen LogP) is 5.25. The molecule has 51 heavy (non-hydrogen) atoms. The fraction of sp³-hybridized carbons (Fsp3) is 0.579. The molecule has 1 aromatic carbocycles. The van der Waals surface area contributed by atoms with Crippen molar-refractivity contribution in [1.82, 2.24) is 20.5 Å². The summed E-state index contributed by atoms with van der Waals surface area (Å²) >= 11 is 1.19. The fourth-order valence-corrected chi connectivity index (χ4v) is 6.81. The number of unbranched alkanes of at least 4 members (excludes halogenated alkanes) is 1. The van der Waals surface area contributed by atoms with E-state index < -0.39 is 35.9 Å². The number of methoxy groups -OCH3 is 1. The number of rotatable bonds is 20. The second-order valence-corrected chi connectivity index (χ2v) is 14.7. The molecule has 2 aromatic rings. The number of likely N-dealkylation sites (N-methyl/N-ethyl adjacent to an activating group) is 1. The van der Waals surface area contributed by atoms with E-state index in [-0.39, 0.29) is 54.1 Å². The number of ether oxygens (including phenoxy) is 2. The highest BCUT2D eigenvalue weighted by Crippen LogP contribution is 2.36. The van der Waals surface area contributed by atoms with Crippen molar-refractivity contribution in [2.24, 2.45) is 29.4 Å². The molecule has 0 spiro atoms. The summed E-state index contributed by atoms with van der Waals surface area (Å²) < 4.78 is 10.6. The molecule has 13 heteroatoms. The normalized spacial score (nSPS) is 16.0. The summed E-state index contributed by atoms with van der Waals surface area (Å²) in [5.41, 5.74) is 7.09. The molecule has 4 N–H and O–H groups in total. The van der Waals surface area contributed by atoms with Crippen LogP contribution in [0.25, 0.3) is 6.08 Å². The minimum atomic E-state index is -0.827. The molecule has 0 unspecified atom stereocenters. The zero-order chi connectivity index (χ0) is 37.7. The molecule has 3 rings (SSSR count). The molecule has 3 amide bonds. The Morgan fingerprint density at radius 1 is 1.06 bits per heavy atom. The van der Waals surface area contributed by atoms with E-state index in [0.29, 0.717) is 23.7 Å². The van der Waals surface area contributed by atoms with Crippen LogP contribution in [0.3, 0.4) is 0 Å². The second kappa shape index (κ2) is 20.1. The molecular weight excluding hydrogens is 671 g/mol. The highest BCUT2D eigenvalue weighted by atomic mass is 32.1. The van der Waals surface area contributed by atoms with Crippen LogP contribution in [0, 0.1) is 23.7 Å². The maximum absolute atomic E-state index is 14.0. The van der Waals surface area contributed by atoms with Crippen molar-refractivity contribution in [2.75, 3.05) is 20.7 Å². The smallest absolute Gasteiger partial charge is 0.308 e. The van der Waals surface area contributed by atoms with Crippen LogP contribution in [0.2, 0.25) is 0 Å². The average molecular weight is 726 g/mol. The van der Waals surface area contributed by atoms with E-state index in [2.05, 4.69) is 15.6 Å². The molecular formula is C38H55N5O7S. The zero-order valence-electron chi connectivity index (χ0n) is 31.0. The minimum absolute atomic E-state index is 0.0343. The van der Waals surface area contributed by atoms with Crippen molar-refractivity contribution < 1.29 is 33.4 Å². The molecule has 1 aromatic heterocycles. The average Bonchev–Trinajstić information content (AvgIpc) is 3.82. The molecule has 0 aliphatic heterocycles. The molecule has 1 fully saturated rings. The second-order valence-electron chi connectivity index (χ2n) is 13.8. The molecule has 1 aliphatic carbocycles. The van der Waals surface area contributed by atoms with Gasteiger partial charge in [0.15, 0.2) is 6.10 Å². The first kappa shape index (κ1) is 41.3. The summed E-state index contributed by atoms with van der Waals surface area (Å²) in [6.45, 7) is 9.45. The van der Waals surface area contributed by atoms with Gasteiger partial charge in [-0.2, -0.15) is 0 Å². The number of hydrogen-bond donors (Lipinski definition) is 3. The van der Waals surface area contributed by atoms with Gasteiger partial charge in [-0.3, -0.25) is 24.0 Å². The maximum Gasteiger partial charge on any atom is 0.308 e. The van der Waals surface area contributed by atoms with Crippen molar-refractivity contribution in [2.45, 2.75) is 97.8 Å². The van der Waals surface area contributed by atoms with Crippen LogP contribution in [0.1, 0.15) is 107 Å². The number of thiazole rings is 1. The van der Waals surface area contributed by atoms with Gasteiger partial charge in [0.2, 0.25) is 11.8 Å². The third-order valence-electron chi connectivity index (χ3n) is 9.15. The first-order valence-corrected chi connectivity index (χ1v) is 18.7. The first-order valence-electron chi connectivity index (χ1n) is 17.8. The number of allylic oxidation sites excluding steroid dienone is 1. The summed E-state index contributed by atoms with van der Waals surface area (Å²) in [6, 6.07) is 8.41. The monoisotopic (exact) mass is 725 g/mol.